The molecule has 131 valence electrons. The maximum absolute atomic E-state index is 14.5. The molecule has 0 unspecified atom stereocenters. The first-order valence-corrected chi connectivity index (χ1v) is 8.79. The van der Waals surface area contributed by atoms with Crippen LogP contribution in [0.25, 0.3) is 0 Å². The van der Waals surface area contributed by atoms with Crippen molar-refractivity contribution in [2.24, 2.45) is 0 Å². The fourth-order valence-corrected chi connectivity index (χ4v) is 4.99. The zero-order valence-electron chi connectivity index (χ0n) is 13.0. The number of hydrogen-bond donors (Lipinski definition) is 0. The second-order valence-electron chi connectivity index (χ2n) is 5.54. The summed E-state index contributed by atoms with van der Waals surface area (Å²) in [6, 6.07) is 8.39. The Hall–Kier alpha value is -1.96. The van der Waals surface area contributed by atoms with E-state index < -0.39 is 55.0 Å². The minimum atomic E-state index is -2.34. The van der Waals surface area contributed by atoms with Crippen LogP contribution in [0.2, 0.25) is 0 Å². The summed E-state index contributed by atoms with van der Waals surface area (Å²) in [6.45, 7) is 0. The maximum atomic E-state index is 14.5. The number of hydrogen-bond acceptors (Lipinski definition) is 0. The average molecular weight is 470 g/mol. The van der Waals surface area contributed by atoms with Gasteiger partial charge in [-0.1, -0.05) is 0 Å². The third kappa shape index (κ3) is 2.90. The molecule has 7 heteroatoms. The summed E-state index contributed by atoms with van der Waals surface area (Å²) < 4.78 is 84.8. The van der Waals surface area contributed by atoms with Crippen LogP contribution in [0.15, 0.2) is 54.6 Å². The van der Waals surface area contributed by atoms with Crippen molar-refractivity contribution >= 4 is 22.5 Å². The van der Waals surface area contributed by atoms with E-state index in [0.717, 1.165) is 54.6 Å². The van der Waals surface area contributed by atoms with Gasteiger partial charge in [0.05, 0.1) is 0 Å². The first kappa shape index (κ1) is 18.8. The topological polar surface area (TPSA) is 0 Å². The van der Waals surface area contributed by atoms with E-state index in [4.69, 9.17) is 0 Å². The van der Waals surface area contributed by atoms with Crippen LogP contribution in [0.5, 0.6) is 0 Å². The Balaban J connectivity index is 2.53. The Bertz CT molecular complexity index is 800. The minimum absolute atomic E-state index is 0.0758. The summed E-state index contributed by atoms with van der Waals surface area (Å²) in [4.78, 5) is 0. The molecule has 0 aliphatic carbocycles. The van der Waals surface area contributed by atoms with Gasteiger partial charge in [0.15, 0.2) is 0 Å². The zero-order valence-corrected chi connectivity index (χ0v) is 15.8. The molecule has 0 nitrogen and oxygen atoms in total. The predicted molar refractivity (Wildman–Crippen MR) is 84.7 cm³/mol. The molecule has 0 saturated heterocycles. The van der Waals surface area contributed by atoms with Gasteiger partial charge in [-0.2, -0.15) is 0 Å². The zero-order chi connectivity index (χ0) is 19.1. The molecule has 0 aliphatic heterocycles. The monoisotopic (exact) mass is 471 g/mol. The number of rotatable bonds is 3. The van der Waals surface area contributed by atoms with E-state index in [9.17, 15) is 26.3 Å². The summed E-state index contributed by atoms with van der Waals surface area (Å²) in [5.41, 5.74) is -2.44. The molecule has 0 fully saturated rings. The SMILES string of the molecule is Fc1cccc(F)c1[C]([Sn])(c1c(F)cccc1F)c1c(F)cccc1F. The van der Waals surface area contributed by atoms with Gasteiger partial charge in [-0.25, -0.2) is 0 Å². The molecule has 3 aromatic carbocycles. The van der Waals surface area contributed by atoms with Crippen LogP contribution in [0.1, 0.15) is 16.7 Å². The number of halogens is 6. The van der Waals surface area contributed by atoms with Gasteiger partial charge in [-0.15, -0.1) is 0 Å². The molecule has 0 spiro atoms. The van der Waals surface area contributed by atoms with Crippen molar-refractivity contribution in [3.63, 3.8) is 0 Å². The Kier molecular flexibility index (Phi) is 5.05. The van der Waals surface area contributed by atoms with Crippen molar-refractivity contribution in [1.29, 1.82) is 0 Å². The van der Waals surface area contributed by atoms with Gasteiger partial charge >= 0.3 is 158 Å². The summed E-state index contributed by atoms with van der Waals surface area (Å²) in [6.07, 6.45) is 0. The first-order chi connectivity index (χ1) is 12.3. The van der Waals surface area contributed by atoms with Gasteiger partial charge in [-0.3, -0.25) is 0 Å². The van der Waals surface area contributed by atoms with E-state index in [1.54, 1.807) is 0 Å². The van der Waals surface area contributed by atoms with Gasteiger partial charge in [0.1, 0.15) is 0 Å². The van der Waals surface area contributed by atoms with E-state index in [-0.39, 0.29) is 22.5 Å². The Morgan fingerprint density at radius 1 is 0.462 bits per heavy atom. The molecule has 3 rings (SSSR count). The second-order valence-corrected chi connectivity index (χ2v) is 7.68. The van der Waals surface area contributed by atoms with Crippen LogP contribution in [-0.2, 0) is 3.43 Å². The van der Waals surface area contributed by atoms with Crippen molar-refractivity contribution in [1.82, 2.24) is 0 Å². The first-order valence-electron chi connectivity index (χ1n) is 7.37. The standard InChI is InChI=1S/C19H9F6.Sn/c20-10-4-1-5-11(21)16(10)19(17-12(22)6-2-7-13(17)23)18-14(24)8-3-9-15(18)25;/h1-9H;. The van der Waals surface area contributed by atoms with Gasteiger partial charge in [0.25, 0.3) is 0 Å². The van der Waals surface area contributed by atoms with Gasteiger partial charge in [-0.05, 0) is 0 Å². The van der Waals surface area contributed by atoms with Gasteiger partial charge in [0.2, 0.25) is 0 Å². The molecule has 0 atom stereocenters. The Labute approximate surface area is 158 Å². The predicted octanol–water partition coefficient (Wildman–Crippen LogP) is 4.98. The van der Waals surface area contributed by atoms with Crippen LogP contribution in [0.4, 0.5) is 26.3 Å². The van der Waals surface area contributed by atoms with Gasteiger partial charge in [0, 0.05) is 0 Å². The van der Waals surface area contributed by atoms with Crippen molar-refractivity contribution in [3.05, 3.63) is 106 Å². The van der Waals surface area contributed by atoms with Crippen LogP contribution < -0.4 is 0 Å². The molecule has 0 heterocycles. The molecule has 0 N–H and O–H groups in total. The Morgan fingerprint density at radius 3 is 0.846 bits per heavy atom. The molecular formula is C19H9F6Sn. The van der Waals surface area contributed by atoms with Crippen LogP contribution in [-0.4, -0.2) is 22.5 Å². The van der Waals surface area contributed by atoms with E-state index >= 15 is 0 Å². The van der Waals surface area contributed by atoms with E-state index in [1.165, 1.54) is 0 Å². The molecule has 0 bridgehead atoms. The molecule has 0 amide bonds. The third-order valence-corrected chi connectivity index (χ3v) is 6.15. The van der Waals surface area contributed by atoms with Crippen molar-refractivity contribution in [2.45, 2.75) is 3.43 Å². The Morgan fingerprint density at radius 2 is 0.654 bits per heavy atom. The molecular weight excluding hydrogens is 461 g/mol. The van der Waals surface area contributed by atoms with Crippen molar-refractivity contribution in [3.8, 4) is 0 Å². The summed E-state index contributed by atoms with van der Waals surface area (Å²) >= 11 is 0.0758. The van der Waals surface area contributed by atoms with Crippen molar-refractivity contribution < 1.29 is 26.3 Å². The molecule has 0 aromatic heterocycles. The van der Waals surface area contributed by atoms with Crippen molar-refractivity contribution in [2.75, 3.05) is 0 Å². The van der Waals surface area contributed by atoms with E-state index in [2.05, 4.69) is 0 Å². The summed E-state index contributed by atoms with van der Waals surface area (Å²) in [5.74, 6) is -6.96. The van der Waals surface area contributed by atoms with E-state index in [1.807, 2.05) is 0 Å². The van der Waals surface area contributed by atoms with Crippen LogP contribution >= 0.6 is 0 Å². The van der Waals surface area contributed by atoms with Gasteiger partial charge < -0.3 is 0 Å². The fraction of sp³-hybridized carbons (Fsp3) is 0.0526. The molecule has 26 heavy (non-hydrogen) atoms. The second kappa shape index (κ2) is 6.98. The molecule has 3 radical (unpaired) electrons. The quantitative estimate of drug-likeness (QED) is 0.288. The fourth-order valence-electron chi connectivity index (χ4n) is 2.94. The van der Waals surface area contributed by atoms with E-state index in [0.29, 0.717) is 0 Å². The third-order valence-electron chi connectivity index (χ3n) is 4.01. The summed E-state index contributed by atoms with van der Waals surface area (Å²) in [5, 5.41) is 0. The molecule has 3 aromatic rings. The average Bonchev–Trinajstić information content (AvgIpc) is 2.54. The summed E-state index contributed by atoms with van der Waals surface area (Å²) in [7, 11) is 0. The normalized spacial score (nSPS) is 11.7. The molecule has 0 saturated carbocycles. The van der Waals surface area contributed by atoms with Crippen LogP contribution in [0.3, 0.4) is 0 Å². The molecule has 0 aliphatic rings. The van der Waals surface area contributed by atoms with Crippen LogP contribution in [0, 0.1) is 34.9 Å². The number of benzene rings is 3.